The van der Waals surface area contributed by atoms with Gasteiger partial charge in [-0.2, -0.15) is 0 Å². The second kappa shape index (κ2) is 3.97. The number of hydrogen-bond acceptors (Lipinski definition) is 1. The van der Waals surface area contributed by atoms with Gasteiger partial charge in [-0.05, 0) is 25.8 Å². The van der Waals surface area contributed by atoms with E-state index in [9.17, 15) is 5.11 Å². The summed E-state index contributed by atoms with van der Waals surface area (Å²) in [6.07, 6.45) is 8.41. The molecule has 0 saturated carbocycles. The smallest absolute Gasteiger partial charge is 0.0837 e. The number of aliphatic hydroxyl groups is 1. The molecular formula is C13H18O. The normalized spacial score (nSPS) is 28.1. The van der Waals surface area contributed by atoms with Gasteiger partial charge in [0.1, 0.15) is 0 Å². The third kappa shape index (κ3) is 2.46. The van der Waals surface area contributed by atoms with Gasteiger partial charge in [-0.3, -0.25) is 0 Å². The summed E-state index contributed by atoms with van der Waals surface area (Å²) in [4.78, 5) is 0. The quantitative estimate of drug-likeness (QED) is 0.678. The lowest BCUT2D eigenvalue weighted by Crippen LogP contribution is -2.22. The Balaban J connectivity index is 2.83. The third-order valence-electron chi connectivity index (χ3n) is 2.51. The van der Waals surface area contributed by atoms with Crippen LogP contribution in [0.5, 0.6) is 0 Å². The molecule has 0 aromatic carbocycles. The van der Waals surface area contributed by atoms with Gasteiger partial charge in [0, 0.05) is 5.92 Å². The molecule has 1 nitrogen and oxygen atoms in total. The highest BCUT2D eigenvalue weighted by Gasteiger charge is 2.20. The zero-order valence-electron chi connectivity index (χ0n) is 8.96. The van der Waals surface area contributed by atoms with E-state index in [0.717, 1.165) is 5.57 Å². The number of hydrogen-bond donors (Lipinski definition) is 1. The SMILES string of the molecule is C=CC(C(=C)C)C1=CCC(C)(O)C=C1. The summed E-state index contributed by atoms with van der Waals surface area (Å²) in [6, 6.07) is 0. The summed E-state index contributed by atoms with van der Waals surface area (Å²) in [6.45, 7) is 11.5. The first kappa shape index (κ1) is 11.0. The van der Waals surface area contributed by atoms with Crippen LogP contribution in [-0.2, 0) is 0 Å². The highest BCUT2D eigenvalue weighted by molar-refractivity contribution is 5.36. The average molecular weight is 190 g/mol. The van der Waals surface area contributed by atoms with Crippen LogP contribution in [-0.4, -0.2) is 10.7 Å². The number of rotatable bonds is 3. The molecule has 0 amide bonds. The molecule has 0 bridgehead atoms. The molecular weight excluding hydrogens is 172 g/mol. The van der Waals surface area contributed by atoms with E-state index in [1.807, 2.05) is 25.2 Å². The van der Waals surface area contributed by atoms with Crippen LogP contribution in [0, 0.1) is 5.92 Å². The van der Waals surface area contributed by atoms with Gasteiger partial charge in [-0.25, -0.2) is 0 Å². The van der Waals surface area contributed by atoms with Gasteiger partial charge in [0.2, 0.25) is 0 Å². The predicted molar refractivity (Wildman–Crippen MR) is 61.0 cm³/mol. The van der Waals surface area contributed by atoms with Gasteiger partial charge in [-0.15, -0.1) is 6.58 Å². The molecule has 1 heteroatoms. The minimum absolute atomic E-state index is 0.211. The van der Waals surface area contributed by atoms with E-state index in [1.165, 1.54) is 5.57 Å². The van der Waals surface area contributed by atoms with Crippen LogP contribution < -0.4 is 0 Å². The van der Waals surface area contributed by atoms with Crippen LogP contribution in [0.15, 0.2) is 48.6 Å². The van der Waals surface area contributed by atoms with Crippen molar-refractivity contribution in [2.24, 2.45) is 5.92 Å². The van der Waals surface area contributed by atoms with Crippen molar-refractivity contribution >= 4 is 0 Å². The van der Waals surface area contributed by atoms with Crippen molar-refractivity contribution in [1.82, 2.24) is 0 Å². The fraction of sp³-hybridized carbons (Fsp3) is 0.385. The largest absolute Gasteiger partial charge is 0.386 e. The summed E-state index contributed by atoms with van der Waals surface area (Å²) >= 11 is 0. The molecule has 0 fully saturated rings. The molecule has 0 heterocycles. The first-order chi connectivity index (χ1) is 6.46. The Hall–Kier alpha value is -1.08. The summed E-state index contributed by atoms with van der Waals surface area (Å²) in [5.41, 5.74) is 1.57. The van der Waals surface area contributed by atoms with Gasteiger partial charge < -0.3 is 5.11 Å². The lowest BCUT2D eigenvalue weighted by atomic mass is 9.85. The second-order valence-electron chi connectivity index (χ2n) is 4.16. The highest BCUT2D eigenvalue weighted by atomic mass is 16.3. The van der Waals surface area contributed by atoms with Crippen LogP contribution in [0.25, 0.3) is 0 Å². The molecule has 14 heavy (non-hydrogen) atoms. The maximum Gasteiger partial charge on any atom is 0.0837 e. The summed E-state index contributed by atoms with van der Waals surface area (Å²) in [5, 5.41) is 9.71. The first-order valence-electron chi connectivity index (χ1n) is 4.86. The Morgan fingerprint density at radius 2 is 2.36 bits per heavy atom. The van der Waals surface area contributed by atoms with Crippen LogP contribution in [0.2, 0.25) is 0 Å². The zero-order chi connectivity index (χ0) is 10.8. The molecule has 2 unspecified atom stereocenters. The zero-order valence-corrected chi connectivity index (χ0v) is 8.96. The van der Waals surface area contributed by atoms with E-state index >= 15 is 0 Å². The monoisotopic (exact) mass is 190 g/mol. The molecule has 2 atom stereocenters. The number of allylic oxidation sites excluding steroid dienone is 4. The van der Waals surface area contributed by atoms with Crippen LogP contribution >= 0.6 is 0 Å². The molecule has 1 N–H and O–H groups in total. The lowest BCUT2D eigenvalue weighted by molar-refractivity contribution is 0.113. The second-order valence-corrected chi connectivity index (χ2v) is 4.16. The Kier molecular flexibility index (Phi) is 3.12. The minimum atomic E-state index is -0.690. The Bertz CT molecular complexity index is 305. The summed E-state index contributed by atoms with van der Waals surface area (Å²) in [5.74, 6) is 0.211. The molecule has 1 aliphatic rings. The standard InChI is InChI=1S/C13H18O/c1-5-12(10(2)3)11-6-8-13(4,14)9-7-11/h5-8,12,14H,1-2,9H2,3-4H3. The van der Waals surface area contributed by atoms with Gasteiger partial charge >= 0.3 is 0 Å². The molecule has 0 aromatic heterocycles. The summed E-state index contributed by atoms with van der Waals surface area (Å²) in [7, 11) is 0. The molecule has 0 spiro atoms. The molecule has 76 valence electrons. The van der Waals surface area contributed by atoms with Gasteiger partial charge in [0.05, 0.1) is 5.60 Å². The third-order valence-corrected chi connectivity index (χ3v) is 2.51. The fourth-order valence-corrected chi connectivity index (χ4v) is 1.59. The summed E-state index contributed by atoms with van der Waals surface area (Å²) < 4.78 is 0. The van der Waals surface area contributed by atoms with E-state index in [2.05, 4.69) is 19.2 Å². The van der Waals surface area contributed by atoms with E-state index in [1.54, 1.807) is 6.92 Å². The van der Waals surface area contributed by atoms with Crippen molar-refractivity contribution in [2.45, 2.75) is 25.9 Å². The van der Waals surface area contributed by atoms with E-state index in [4.69, 9.17) is 0 Å². The van der Waals surface area contributed by atoms with Crippen LogP contribution in [0.3, 0.4) is 0 Å². The van der Waals surface area contributed by atoms with E-state index in [-0.39, 0.29) is 5.92 Å². The maximum absolute atomic E-state index is 9.71. The van der Waals surface area contributed by atoms with Crippen LogP contribution in [0.4, 0.5) is 0 Å². The van der Waals surface area contributed by atoms with Gasteiger partial charge in [0.25, 0.3) is 0 Å². The van der Waals surface area contributed by atoms with E-state index in [0.29, 0.717) is 6.42 Å². The van der Waals surface area contributed by atoms with Crippen molar-refractivity contribution in [3.8, 4) is 0 Å². The van der Waals surface area contributed by atoms with Crippen LogP contribution in [0.1, 0.15) is 20.3 Å². The van der Waals surface area contributed by atoms with Crippen molar-refractivity contribution in [1.29, 1.82) is 0 Å². The van der Waals surface area contributed by atoms with E-state index < -0.39 is 5.60 Å². The molecule has 0 radical (unpaired) electrons. The Labute approximate surface area is 86.1 Å². The topological polar surface area (TPSA) is 20.2 Å². The molecule has 0 aromatic rings. The van der Waals surface area contributed by atoms with Gasteiger partial charge in [0.15, 0.2) is 0 Å². The fourth-order valence-electron chi connectivity index (χ4n) is 1.59. The van der Waals surface area contributed by atoms with Crippen molar-refractivity contribution < 1.29 is 5.11 Å². The van der Waals surface area contributed by atoms with Crippen molar-refractivity contribution in [3.63, 3.8) is 0 Å². The average Bonchev–Trinajstić information content (AvgIpc) is 2.08. The molecule has 1 aliphatic carbocycles. The van der Waals surface area contributed by atoms with Gasteiger partial charge in [-0.1, -0.05) is 36.5 Å². The Morgan fingerprint density at radius 3 is 2.71 bits per heavy atom. The first-order valence-corrected chi connectivity index (χ1v) is 4.86. The predicted octanol–water partition coefficient (Wildman–Crippen LogP) is 3.00. The highest BCUT2D eigenvalue weighted by Crippen LogP contribution is 2.28. The molecule has 1 rings (SSSR count). The van der Waals surface area contributed by atoms with Crippen molar-refractivity contribution in [2.75, 3.05) is 0 Å². The molecule has 0 saturated heterocycles. The lowest BCUT2D eigenvalue weighted by Gasteiger charge is -2.24. The Morgan fingerprint density at radius 1 is 1.71 bits per heavy atom. The maximum atomic E-state index is 9.71. The molecule has 0 aliphatic heterocycles. The minimum Gasteiger partial charge on any atom is -0.386 e. The van der Waals surface area contributed by atoms with Crippen molar-refractivity contribution in [3.05, 3.63) is 48.6 Å².